The highest BCUT2D eigenvalue weighted by atomic mass is 32.2. The third kappa shape index (κ3) is 7.56. The van der Waals surface area contributed by atoms with Gasteiger partial charge >= 0.3 is 0 Å². The van der Waals surface area contributed by atoms with E-state index in [0.29, 0.717) is 24.2 Å². The number of halogens is 2. The second-order valence-electron chi connectivity index (χ2n) is 10.1. The molecule has 1 aliphatic rings. The first-order valence-corrected chi connectivity index (χ1v) is 14.8. The minimum atomic E-state index is -4.23. The van der Waals surface area contributed by atoms with Crippen LogP contribution in [0.25, 0.3) is 11.3 Å². The molecule has 0 aliphatic carbocycles. The smallest absolute Gasteiger partial charge is 0.264 e. The molecule has 3 aromatic carbocycles. The average molecular weight is 580 g/mol. The van der Waals surface area contributed by atoms with Gasteiger partial charge in [-0.05, 0) is 106 Å². The number of benzene rings is 3. The molecular weight excluding hydrogens is 548 g/mol. The van der Waals surface area contributed by atoms with Crippen molar-refractivity contribution in [2.45, 2.75) is 24.2 Å². The molecule has 0 spiro atoms. The monoisotopic (exact) mass is 579 g/mol. The fraction of sp³-hybridized carbons (Fsp3) is 0.267. The standard InChI is InChI=1S/C30H31F2N5O3S/c1-37-15-12-21(13-16-37)14-17-40-26-9-2-22(3-10-26)28-19-30(34-20-33-28)35-24-5-7-25(8-6-24)36-41(38,39)29-11-4-23(31)18-27(29)32/h2-11,18-21,36H,12-17H2,1H3,(H,33,34,35). The Kier molecular flexibility index (Phi) is 8.75. The molecule has 0 bridgehead atoms. The number of likely N-dealkylation sites (tertiary alicyclic amines) is 1. The van der Waals surface area contributed by atoms with Crippen LogP contribution < -0.4 is 14.8 Å². The summed E-state index contributed by atoms with van der Waals surface area (Å²) in [6.45, 7) is 3.02. The number of rotatable bonds is 10. The summed E-state index contributed by atoms with van der Waals surface area (Å²) in [6, 6.07) is 18.3. The molecule has 0 saturated carbocycles. The van der Waals surface area contributed by atoms with Crippen LogP contribution in [0.3, 0.4) is 0 Å². The maximum absolute atomic E-state index is 14.0. The lowest BCUT2D eigenvalue weighted by Crippen LogP contribution is -2.30. The molecule has 1 saturated heterocycles. The topological polar surface area (TPSA) is 96.5 Å². The van der Waals surface area contributed by atoms with Crippen LogP contribution in [0.2, 0.25) is 0 Å². The Balaban J connectivity index is 1.17. The number of nitrogens with zero attached hydrogens (tertiary/aromatic N) is 3. The van der Waals surface area contributed by atoms with Crippen molar-refractivity contribution in [3.63, 3.8) is 0 Å². The van der Waals surface area contributed by atoms with Crippen molar-refractivity contribution in [3.05, 3.63) is 90.8 Å². The van der Waals surface area contributed by atoms with Crippen molar-refractivity contribution >= 4 is 27.2 Å². The van der Waals surface area contributed by atoms with Crippen LogP contribution in [0.5, 0.6) is 5.75 Å². The lowest BCUT2D eigenvalue weighted by molar-refractivity contribution is 0.187. The number of ether oxygens (including phenoxy) is 1. The van der Waals surface area contributed by atoms with E-state index in [4.69, 9.17) is 4.74 Å². The number of hydrogen-bond acceptors (Lipinski definition) is 7. The molecule has 0 unspecified atom stereocenters. The van der Waals surface area contributed by atoms with E-state index in [0.717, 1.165) is 54.6 Å². The van der Waals surface area contributed by atoms with Crippen molar-refractivity contribution in [2.24, 2.45) is 5.92 Å². The number of piperidine rings is 1. The van der Waals surface area contributed by atoms with Crippen LogP contribution in [0.1, 0.15) is 19.3 Å². The summed E-state index contributed by atoms with van der Waals surface area (Å²) in [4.78, 5) is 10.4. The van der Waals surface area contributed by atoms with Gasteiger partial charge in [0, 0.05) is 29.1 Å². The summed E-state index contributed by atoms with van der Waals surface area (Å²) in [6.07, 6.45) is 4.98. The van der Waals surface area contributed by atoms with Crippen molar-refractivity contribution < 1.29 is 21.9 Å². The molecule has 1 fully saturated rings. The fourth-order valence-corrected chi connectivity index (χ4v) is 5.79. The van der Waals surface area contributed by atoms with E-state index < -0.39 is 26.6 Å². The maximum atomic E-state index is 14.0. The van der Waals surface area contributed by atoms with Gasteiger partial charge in [-0.25, -0.2) is 27.2 Å². The second-order valence-corrected chi connectivity index (χ2v) is 11.7. The number of aromatic nitrogens is 2. The van der Waals surface area contributed by atoms with E-state index in [1.54, 1.807) is 12.1 Å². The first kappa shape index (κ1) is 28.4. The zero-order chi connectivity index (χ0) is 28.8. The molecule has 11 heteroatoms. The lowest BCUT2D eigenvalue weighted by Gasteiger charge is -2.28. The van der Waals surface area contributed by atoms with Gasteiger partial charge in [0.15, 0.2) is 0 Å². The highest BCUT2D eigenvalue weighted by Gasteiger charge is 2.20. The third-order valence-corrected chi connectivity index (χ3v) is 8.46. The summed E-state index contributed by atoms with van der Waals surface area (Å²) < 4.78 is 60.4. The highest BCUT2D eigenvalue weighted by Crippen LogP contribution is 2.26. The summed E-state index contributed by atoms with van der Waals surface area (Å²) in [5, 5.41) is 3.17. The van der Waals surface area contributed by atoms with E-state index >= 15 is 0 Å². The summed E-state index contributed by atoms with van der Waals surface area (Å²) in [5.74, 6) is 0.0796. The van der Waals surface area contributed by atoms with Crippen LogP contribution in [-0.4, -0.2) is 50.0 Å². The average Bonchev–Trinajstić information content (AvgIpc) is 2.95. The molecule has 2 heterocycles. The van der Waals surface area contributed by atoms with Crippen LogP contribution in [0.4, 0.5) is 26.0 Å². The molecule has 5 rings (SSSR count). The van der Waals surface area contributed by atoms with Crippen molar-refractivity contribution in [1.82, 2.24) is 14.9 Å². The van der Waals surface area contributed by atoms with E-state index in [9.17, 15) is 17.2 Å². The zero-order valence-corrected chi connectivity index (χ0v) is 23.4. The highest BCUT2D eigenvalue weighted by molar-refractivity contribution is 7.92. The third-order valence-electron chi connectivity index (χ3n) is 7.04. The minimum Gasteiger partial charge on any atom is -0.494 e. The predicted molar refractivity (Wildman–Crippen MR) is 155 cm³/mol. The quantitative estimate of drug-likeness (QED) is 0.235. The van der Waals surface area contributed by atoms with E-state index in [2.05, 4.69) is 32.0 Å². The molecular formula is C30H31F2N5O3S. The lowest BCUT2D eigenvalue weighted by atomic mass is 9.94. The molecule has 1 aliphatic heterocycles. The van der Waals surface area contributed by atoms with Gasteiger partial charge in [0.05, 0.1) is 12.3 Å². The Bertz CT molecular complexity index is 1580. The Labute approximate surface area is 238 Å². The zero-order valence-electron chi connectivity index (χ0n) is 22.6. The van der Waals surface area contributed by atoms with Crippen molar-refractivity contribution in [1.29, 1.82) is 0 Å². The molecule has 1 aromatic heterocycles. The first-order chi connectivity index (χ1) is 19.7. The maximum Gasteiger partial charge on any atom is 0.264 e. The van der Waals surface area contributed by atoms with Crippen LogP contribution >= 0.6 is 0 Å². The predicted octanol–water partition coefficient (Wildman–Crippen LogP) is 6.08. The number of hydrogen-bond donors (Lipinski definition) is 2. The molecule has 2 N–H and O–H groups in total. The van der Waals surface area contributed by atoms with Gasteiger partial charge < -0.3 is 15.0 Å². The Morgan fingerprint density at radius 2 is 1.63 bits per heavy atom. The van der Waals surface area contributed by atoms with Crippen LogP contribution in [0, 0.1) is 17.6 Å². The molecule has 214 valence electrons. The number of anilines is 3. The summed E-state index contributed by atoms with van der Waals surface area (Å²) in [5.41, 5.74) is 2.51. The van der Waals surface area contributed by atoms with Gasteiger partial charge in [-0.15, -0.1) is 0 Å². The van der Waals surface area contributed by atoms with Gasteiger partial charge in [0.1, 0.15) is 34.4 Å². The normalized spacial score (nSPS) is 14.5. The van der Waals surface area contributed by atoms with Gasteiger partial charge in [-0.3, -0.25) is 4.72 Å². The SMILES string of the molecule is CN1CCC(CCOc2ccc(-c3cc(Nc4ccc(NS(=O)(=O)c5ccc(F)cc5F)cc4)ncn3)cc2)CC1. The number of sulfonamides is 1. The summed E-state index contributed by atoms with van der Waals surface area (Å²) >= 11 is 0. The summed E-state index contributed by atoms with van der Waals surface area (Å²) in [7, 11) is -2.06. The van der Waals surface area contributed by atoms with Gasteiger partial charge in [-0.2, -0.15) is 0 Å². The Morgan fingerprint density at radius 1 is 0.927 bits per heavy atom. The van der Waals surface area contributed by atoms with Gasteiger partial charge in [0.25, 0.3) is 10.0 Å². The molecule has 0 atom stereocenters. The van der Waals surface area contributed by atoms with E-state index in [1.165, 1.54) is 31.3 Å². The van der Waals surface area contributed by atoms with Crippen LogP contribution in [-0.2, 0) is 10.0 Å². The Hall–Kier alpha value is -4.09. The molecule has 41 heavy (non-hydrogen) atoms. The van der Waals surface area contributed by atoms with E-state index in [1.807, 2.05) is 30.3 Å². The fourth-order valence-electron chi connectivity index (χ4n) is 4.67. The van der Waals surface area contributed by atoms with Gasteiger partial charge in [-0.1, -0.05) is 0 Å². The molecule has 8 nitrogen and oxygen atoms in total. The second kappa shape index (κ2) is 12.6. The molecule has 0 amide bonds. The minimum absolute atomic E-state index is 0.219. The Morgan fingerprint density at radius 3 is 2.34 bits per heavy atom. The largest absolute Gasteiger partial charge is 0.494 e. The van der Waals surface area contributed by atoms with Crippen LogP contribution in [0.15, 0.2) is 84.0 Å². The first-order valence-electron chi connectivity index (χ1n) is 13.3. The molecule has 4 aromatic rings. The van der Waals surface area contributed by atoms with Crippen molar-refractivity contribution in [3.8, 4) is 17.0 Å². The van der Waals surface area contributed by atoms with E-state index in [-0.39, 0.29) is 5.69 Å². The van der Waals surface area contributed by atoms with Crippen molar-refractivity contribution in [2.75, 3.05) is 36.8 Å². The van der Waals surface area contributed by atoms with Gasteiger partial charge in [0.2, 0.25) is 0 Å². The molecule has 0 radical (unpaired) electrons. The number of nitrogens with one attached hydrogen (secondary N) is 2.